The van der Waals surface area contributed by atoms with E-state index < -0.39 is 11.9 Å². The van der Waals surface area contributed by atoms with Gasteiger partial charge >= 0.3 is 11.9 Å². The predicted octanol–water partition coefficient (Wildman–Crippen LogP) is 5.23. The lowest BCUT2D eigenvalue weighted by Gasteiger charge is -2.13. The third kappa shape index (κ3) is 4.82. The SMILES string of the molecule is COC(=O)c1ccc(COc2nc(-c3cccs3)cc(-c3ccoc3)c2C#N)cc1OC(C)=O. The van der Waals surface area contributed by atoms with Gasteiger partial charge in [-0.05, 0) is 41.3 Å². The van der Waals surface area contributed by atoms with Crippen LogP contribution in [0.3, 0.4) is 0 Å². The molecule has 9 heteroatoms. The van der Waals surface area contributed by atoms with Gasteiger partial charge in [-0.3, -0.25) is 4.79 Å². The summed E-state index contributed by atoms with van der Waals surface area (Å²) in [6.45, 7) is 1.25. The lowest BCUT2D eigenvalue weighted by molar-refractivity contribution is -0.131. The quantitative estimate of drug-likeness (QED) is 0.264. The van der Waals surface area contributed by atoms with Gasteiger partial charge in [0.25, 0.3) is 0 Å². The molecule has 0 unspecified atom stereocenters. The second-order valence-corrected chi connectivity index (χ2v) is 7.99. The number of nitriles is 1. The van der Waals surface area contributed by atoms with Gasteiger partial charge in [0.2, 0.25) is 5.88 Å². The molecule has 0 aliphatic carbocycles. The Morgan fingerprint density at radius 2 is 2.06 bits per heavy atom. The highest BCUT2D eigenvalue weighted by Crippen LogP contribution is 2.35. The largest absolute Gasteiger partial charge is 0.472 e. The van der Waals surface area contributed by atoms with Crippen LogP contribution in [-0.2, 0) is 16.1 Å². The molecule has 0 radical (unpaired) electrons. The van der Waals surface area contributed by atoms with E-state index in [4.69, 9.17) is 18.6 Å². The lowest BCUT2D eigenvalue weighted by atomic mass is 10.0. The van der Waals surface area contributed by atoms with Crippen LogP contribution in [0.15, 0.2) is 64.8 Å². The van der Waals surface area contributed by atoms with Crippen LogP contribution in [0, 0.1) is 11.3 Å². The zero-order valence-corrected chi connectivity index (χ0v) is 19.0. The van der Waals surface area contributed by atoms with Crippen LogP contribution in [0.5, 0.6) is 11.6 Å². The third-order valence-corrected chi connectivity index (χ3v) is 5.68. The topological polar surface area (TPSA) is 112 Å². The van der Waals surface area contributed by atoms with Crippen molar-refractivity contribution >= 4 is 23.3 Å². The summed E-state index contributed by atoms with van der Waals surface area (Å²) in [6.07, 6.45) is 3.08. The first-order valence-electron chi connectivity index (χ1n) is 10.0. The summed E-state index contributed by atoms with van der Waals surface area (Å²) in [4.78, 5) is 29.0. The molecule has 34 heavy (non-hydrogen) atoms. The highest BCUT2D eigenvalue weighted by molar-refractivity contribution is 7.13. The van der Waals surface area contributed by atoms with Crippen molar-refractivity contribution in [1.29, 1.82) is 5.26 Å². The maximum Gasteiger partial charge on any atom is 0.341 e. The van der Waals surface area contributed by atoms with Crippen molar-refractivity contribution in [1.82, 2.24) is 4.98 Å². The zero-order chi connectivity index (χ0) is 24.1. The maximum absolute atomic E-state index is 12.0. The molecule has 170 valence electrons. The van der Waals surface area contributed by atoms with E-state index in [1.54, 1.807) is 18.4 Å². The van der Waals surface area contributed by atoms with Crippen molar-refractivity contribution in [2.24, 2.45) is 0 Å². The minimum absolute atomic E-state index is 0.0100. The molecular formula is C25H18N2O6S. The van der Waals surface area contributed by atoms with Crippen LogP contribution < -0.4 is 9.47 Å². The molecule has 4 rings (SSSR count). The molecule has 3 aromatic heterocycles. The number of furan rings is 1. The second kappa shape index (κ2) is 10.0. The molecule has 0 saturated carbocycles. The van der Waals surface area contributed by atoms with Crippen molar-refractivity contribution in [2.45, 2.75) is 13.5 Å². The molecule has 0 N–H and O–H groups in total. The number of methoxy groups -OCH3 is 1. The minimum Gasteiger partial charge on any atom is -0.472 e. The smallest absolute Gasteiger partial charge is 0.341 e. The fourth-order valence-corrected chi connectivity index (χ4v) is 3.94. The fraction of sp³-hybridized carbons (Fsp3) is 0.120. The number of carbonyl (C=O) groups excluding carboxylic acids is 2. The molecule has 4 aromatic rings. The van der Waals surface area contributed by atoms with Crippen molar-refractivity contribution in [3.8, 4) is 39.4 Å². The number of aromatic nitrogens is 1. The maximum atomic E-state index is 12.0. The molecular weight excluding hydrogens is 456 g/mol. The van der Waals surface area contributed by atoms with Crippen molar-refractivity contribution < 1.29 is 28.2 Å². The van der Waals surface area contributed by atoms with Gasteiger partial charge in [0.05, 0.1) is 30.2 Å². The molecule has 0 aliphatic rings. The number of pyridine rings is 1. The number of thiophene rings is 1. The van der Waals surface area contributed by atoms with Crippen molar-refractivity contribution in [3.63, 3.8) is 0 Å². The Hall–Kier alpha value is -4.42. The van der Waals surface area contributed by atoms with Crippen LogP contribution in [0.25, 0.3) is 21.7 Å². The molecule has 0 aliphatic heterocycles. The number of esters is 2. The van der Waals surface area contributed by atoms with Gasteiger partial charge in [0, 0.05) is 18.1 Å². The second-order valence-electron chi connectivity index (χ2n) is 7.04. The Kier molecular flexibility index (Phi) is 6.71. The molecule has 8 nitrogen and oxygen atoms in total. The Labute approximate surface area is 199 Å². The Morgan fingerprint density at radius 1 is 1.21 bits per heavy atom. The van der Waals surface area contributed by atoms with Crippen LogP contribution in [0.1, 0.15) is 28.4 Å². The molecule has 0 fully saturated rings. The molecule has 0 spiro atoms. The molecule has 3 heterocycles. The Morgan fingerprint density at radius 3 is 2.71 bits per heavy atom. The Bertz CT molecular complexity index is 1370. The van der Waals surface area contributed by atoms with E-state index in [1.807, 2.05) is 23.6 Å². The highest BCUT2D eigenvalue weighted by atomic mass is 32.1. The van der Waals surface area contributed by atoms with Crippen LogP contribution >= 0.6 is 11.3 Å². The van der Waals surface area contributed by atoms with Crippen molar-refractivity contribution in [3.05, 3.63) is 77.1 Å². The molecule has 0 saturated heterocycles. The summed E-state index contributed by atoms with van der Waals surface area (Å²) >= 11 is 1.52. The lowest BCUT2D eigenvalue weighted by Crippen LogP contribution is -2.10. The number of carbonyl (C=O) groups is 2. The fourth-order valence-electron chi connectivity index (χ4n) is 3.26. The van der Waals surface area contributed by atoms with E-state index in [9.17, 15) is 14.9 Å². The Balaban J connectivity index is 1.71. The number of nitrogens with zero attached hydrogens (tertiary/aromatic N) is 2. The van der Waals surface area contributed by atoms with Gasteiger partial charge in [-0.1, -0.05) is 12.1 Å². The minimum atomic E-state index is -0.634. The van der Waals surface area contributed by atoms with E-state index in [0.29, 0.717) is 16.8 Å². The van der Waals surface area contributed by atoms with Crippen LogP contribution in [0.2, 0.25) is 0 Å². The molecule has 0 bridgehead atoms. The highest BCUT2D eigenvalue weighted by Gasteiger charge is 2.19. The number of hydrogen-bond donors (Lipinski definition) is 0. The van der Waals surface area contributed by atoms with Crippen molar-refractivity contribution in [2.75, 3.05) is 7.11 Å². The predicted molar refractivity (Wildman–Crippen MR) is 123 cm³/mol. The summed E-state index contributed by atoms with van der Waals surface area (Å²) in [5, 5.41) is 11.8. The summed E-state index contributed by atoms with van der Waals surface area (Å²) in [6, 6.07) is 14.2. The van der Waals surface area contributed by atoms with E-state index in [-0.39, 0.29) is 29.4 Å². The monoisotopic (exact) mass is 474 g/mol. The number of rotatable bonds is 7. The third-order valence-electron chi connectivity index (χ3n) is 4.78. The van der Waals surface area contributed by atoms with Gasteiger partial charge in [-0.15, -0.1) is 11.3 Å². The normalized spacial score (nSPS) is 10.4. The first kappa shape index (κ1) is 22.8. The first-order chi connectivity index (χ1) is 16.5. The molecule has 1 aromatic carbocycles. The summed E-state index contributed by atoms with van der Waals surface area (Å²) in [5.41, 5.74) is 2.97. The van der Waals surface area contributed by atoms with Gasteiger partial charge < -0.3 is 18.6 Å². The van der Waals surface area contributed by atoms with Gasteiger partial charge in [0.1, 0.15) is 29.6 Å². The van der Waals surface area contributed by atoms with E-state index >= 15 is 0 Å². The average Bonchev–Trinajstić information content (AvgIpc) is 3.56. The number of ether oxygens (including phenoxy) is 3. The summed E-state index contributed by atoms with van der Waals surface area (Å²) in [7, 11) is 1.24. The van der Waals surface area contributed by atoms with E-state index in [2.05, 4.69) is 11.1 Å². The summed E-state index contributed by atoms with van der Waals surface area (Å²) < 4.78 is 21.1. The average molecular weight is 474 g/mol. The molecule has 0 amide bonds. The van der Waals surface area contributed by atoms with E-state index in [1.165, 1.54) is 43.8 Å². The van der Waals surface area contributed by atoms with Gasteiger partial charge in [-0.2, -0.15) is 5.26 Å². The van der Waals surface area contributed by atoms with E-state index in [0.717, 1.165) is 10.4 Å². The number of hydrogen-bond acceptors (Lipinski definition) is 9. The number of benzene rings is 1. The van der Waals surface area contributed by atoms with Gasteiger partial charge in [-0.25, -0.2) is 9.78 Å². The van der Waals surface area contributed by atoms with Crippen LogP contribution in [0.4, 0.5) is 0 Å². The first-order valence-corrected chi connectivity index (χ1v) is 10.9. The molecule has 0 atom stereocenters. The van der Waals surface area contributed by atoms with Crippen LogP contribution in [-0.4, -0.2) is 24.0 Å². The summed E-state index contributed by atoms with van der Waals surface area (Å²) in [5.74, 6) is -1.01. The zero-order valence-electron chi connectivity index (χ0n) is 18.2. The standard InChI is InChI=1S/C25H18N2O6S/c1-15(28)33-22-10-16(5-6-18(22)25(29)30-2)13-32-24-20(12-26)19(17-7-8-31-14-17)11-21(27-24)23-4-3-9-34-23/h3-11,14H,13H2,1-2H3. The van der Waals surface area contributed by atoms with Gasteiger partial charge in [0.15, 0.2) is 0 Å².